The molecule has 0 saturated carbocycles. The van der Waals surface area contributed by atoms with E-state index in [1.54, 1.807) is 13.2 Å². The molecule has 3 aromatic rings. The van der Waals surface area contributed by atoms with Gasteiger partial charge >= 0.3 is 0 Å². The van der Waals surface area contributed by atoms with Crippen molar-refractivity contribution in [3.05, 3.63) is 48.4 Å². The van der Waals surface area contributed by atoms with Gasteiger partial charge in [-0.1, -0.05) is 0 Å². The quantitative estimate of drug-likeness (QED) is 0.530. The summed E-state index contributed by atoms with van der Waals surface area (Å²) in [6.45, 7) is 0.688. The Bertz CT molecular complexity index is 1180. The molecule has 170 valence electrons. The third-order valence-corrected chi connectivity index (χ3v) is 7.36. The fourth-order valence-electron chi connectivity index (χ4n) is 3.74. The normalized spacial score (nSPS) is 17.2. The van der Waals surface area contributed by atoms with Crippen LogP contribution < -0.4 is 14.2 Å². The lowest BCUT2D eigenvalue weighted by molar-refractivity contribution is 0.286. The molecule has 2 aromatic carbocycles. The third kappa shape index (κ3) is 4.28. The third-order valence-electron chi connectivity index (χ3n) is 5.50. The SMILES string of the molecule is COc1ccc(-c2nnc([C@@H]3CCCN(S(=O)(=O)c4ccc(OC)c(OC)c4)C3)o2)cc1. The van der Waals surface area contributed by atoms with Crippen molar-refractivity contribution in [2.45, 2.75) is 23.7 Å². The van der Waals surface area contributed by atoms with E-state index in [9.17, 15) is 8.42 Å². The summed E-state index contributed by atoms with van der Waals surface area (Å²) >= 11 is 0. The van der Waals surface area contributed by atoms with Crippen molar-refractivity contribution in [1.82, 2.24) is 14.5 Å². The van der Waals surface area contributed by atoms with Gasteiger partial charge in [-0.3, -0.25) is 0 Å². The molecule has 0 radical (unpaired) electrons. The molecule has 1 fully saturated rings. The zero-order chi connectivity index (χ0) is 22.7. The highest BCUT2D eigenvalue weighted by Crippen LogP contribution is 2.34. The van der Waals surface area contributed by atoms with Crippen LogP contribution in [0.3, 0.4) is 0 Å². The molecule has 1 saturated heterocycles. The van der Waals surface area contributed by atoms with E-state index < -0.39 is 10.0 Å². The Labute approximate surface area is 187 Å². The van der Waals surface area contributed by atoms with E-state index in [1.165, 1.54) is 30.7 Å². The second-order valence-corrected chi connectivity index (χ2v) is 9.33. The maximum Gasteiger partial charge on any atom is 0.247 e. The van der Waals surface area contributed by atoms with E-state index in [1.807, 2.05) is 24.3 Å². The summed E-state index contributed by atoms with van der Waals surface area (Å²) in [4.78, 5) is 0.153. The minimum Gasteiger partial charge on any atom is -0.497 e. The van der Waals surface area contributed by atoms with Gasteiger partial charge in [-0.05, 0) is 49.2 Å². The molecule has 0 spiro atoms. The molecular weight excluding hydrogens is 434 g/mol. The molecule has 4 rings (SSSR count). The van der Waals surface area contributed by atoms with Crippen LogP contribution in [0.4, 0.5) is 0 Å². The molecule has 1 aliphatic rings. The molecule has 1 aliphatic heterocycles. The zero-order valence-corrected chi connectivity index (χ0v) is 19.0. The van der Waals surface area contributed by atoms with Crippen molar-refractivity contribution in [3.63, 3.8) is 0 Å². The predicted molar refractivity (Wildman–Crippen MR) is 117 cm³/mol. The lowest BCUT2D eigenvalue weighted by Crippen LogP contribution is -2.39. The average Bonchev–Trinajstić information content (AvgIpc) is 3.34. The van der Waals surface area contributed by atoms with Crippen molar-refractivity contribution < 1.29 is 27.0 Å². The van der Waals surface area contributed by atoms with Gasteiger partial charge in [0.25, 0.3) is 0 Å². The highest BCUT2D eigenvalue weighted by atomic mass is 32.2. The van der Waals surface area contributed by atoms with E-state index in [0.29, 0.717) is 36.2 Å². The van der Waals surface area contributed by atoms with Gasteiger partial charge < -0.3 is 18.6 Å². The fourth-order valence-corrected chi connectivity index (χ4v) is 5.28. The number of sulfonamides is 1. The minimum absolute atomic E-state index is 0.153. The van der Waals surface area contributed by atoms with E-state index in [0.717, 1.165) is 17.7 Å². The second-order valence-electron chi connectivity index (χ2n) is 7.39. The van der Waals surface area contributed by atoms with Gasteiger partial charge in [-0.15, -0.1) is 10.2 Å². The Hall–Kier alpha value is -3.11. The Morgan fingerprint density at radius 2 is 1.72 bits per heavy atom. The number of methoxy groups -OCH3 is 3. The zero-order valence-electron chi connectivity index (χ0n) is 18.1. The number of aromatic nitrogens is 2. The predicted octanol–water partition coefficient (Wildman–Crippen LogP) is 3.33. The maximum absolute atomic E-state index is 13.3. The first kappa shape index (κ1) is 22.1. The van der Waals surface area contributed by atoms with Gasteiger partial charge in [0.05, 0.1) is 32.1 Å². The Morgan fingerprint density at radius 1 is 0.969 bits per heavy atom. The largest absolute Gasteiger partial charge is 0.497 e. The Balaban J connectivity index is 1.54. The molecule has 0 aliphatic carbocycles. The summed E-state index contributed by atoms with van der Waals surface area (Å²) in [6, 6.07) is 11.9. The van der Waals surface area contributed by atoms with Gasteiger partial charge in [-0.2, -0.15) is 4.31 Å². The number of rotatable bonds is 7. The lowest BCUT2D eigenvalue weighted by Gasteiger charge is -2.30. The van der Waals surface area contributed by atoms with Gasteiger partial charge in [0.15, 0.2) is 11.5 Å². The highest BCUT2D eigenvalue weighted by Gasteiger charge is 2.33. The van der Waals surface area contributed by atoms with Gasteiger partial charge in [0, 0.05) is 24.7 Å². The molecule has 32 heavy (non-hydrogen) atoms. The van der Waals surface area contributed by atoms with Crippen LogP contribution in [-0.4, -0.2) is 57.3 Å². The molecule has 0 amide bonds. The summed E-state index contributed by atoms with van der Waals surface area (Å²) in [5.41, 5.74) is 0.773. The first-order chi connectivity index (χ1) is 15.5. The van der Waals surface area contributed by atoms with Gasteiger partial charge in [0.1, 0.15) is 5.75 Å². The lowest BCUT2D eigenvalue weighted by atomic mass is 10.00. The molecule has 0 bridgehead atoms. The van der Waals surface area contributed by atoms with Crippen LogP contribution in [0.5, 0.6) is 17.2 Å². The van der Waals surface area contributed by atoms with Gasteiger partial charge in [0.2, 0.25) is 21.8 Å². The van der Waals surface area contributed by atoms with Crippen LogP contribution >= 0.6 is 0 Å². The second kappa shape index (κ2) is 9.17. The van der Waals surface area contributed by atoms with Crippen LogP contribution in [0.15, 0.2) is 51.8 Å². The summed E-state index contributed by atoms with van der Waals surface area (Å²) in [6.07, 6.45) is 1.46. The summed E-state index contributed by atoms with van der Waals surface area (Å²) in [5, 5.41) is 8.34. The number of nitrogens with zero attached hydrogens (tertiary/aromatic N) is 3. The summed E-state index contributed by atoms with van der Waals surface area (Å²) in [7, 11) is 0.862. The molecule has 2 heterocycles. The molecule has 10 heteroatoms. The van der Waals surface area contributed by atoms with Crippen LogP contribution in [0.1, 0.15) is 24.7 Å². The minimum atomic E-state index is -3.72. The highest BCUT2D eigenvalue weighted by molar-refractivity contribution is 7.89. The van der Waals surface area contributed by atoms with Crippen molar-refractivity contribution in [2.24, 2.45) is 0 Å². The number of benzene rings is 2. The van der Waals surface area contributed by atoms with Crippen molar-refractivity contribution in [3.8, 4) is 28.7 Å². The number of piperidine rings is 1. The molecule has 1 aromatic heterocycles. The number of hydrogen-bond donors (Lipinski definition) is 0. The van der Waals surface area contributed by atoms with Crippen molar-refractivity contribution in [2.75, 3.05) is 34.4 Å². The van der Waals surface area contributed by atoms with Crippen LogP contribution in [-0.2, 0) is 10.0 Å². The Kier molecular flexibility index (Phi) is 6.33. The molecule has 1 atom stereocenters. The van der Waals surface area contributed by atoms with Crippen molar-refractivity contribution >= 4 is 10.0 Å². The fraction of sp³-hybridized carbons (Fsp3) is 0.364. The topological polar surface area (TPSA) is 104 Å². The first-order valence-corrected chi connectivity index (χ1v) is 11.6. The van der Waals surface area contributed by atoms with E-state index >= 15 is 0 Å². The molecular formula is C22H25N3O6S. The molecule has 0 N–H and O–H groups in total. The monoisotopic (exact) mass is 459 g/mol. The van der Waals surface area contributed by atoms with Gasteiger partial charge in [-0.25, -0.2) is 8.42 Å². The average molecular weight is 460 g/mol. The van der Waals surface area contributed by atoms with Crippen LogP contribution in [0.25, 0.3) is 11.5 Å². The standard InChI is InChI=1S/C22H25N3O6S/c1-28-17-8-6-15(7-9-17)21-23-24-22(31-21)16-5-4-12-25(14-16)32(26,27)18-10-11-19(29-2)20(13-18)30-3/h6-11,13,16H,4-5,12,14H2,1-3H3/t16-/m1/s1. The first-order valence-electron chi connectivity index (χ1n) is 10.2. The maximum atomic E-state index is 13.3. The van der Waals surface area contributed by atoms with E-state index in [4.69, 9.17) is 18.6 Å². The van der Waals surface area contributed by atoms with E-state index in [2.05, 4.69) is 10.2 Å². The Morgan fingerprint density at radius 3 is 2.41 bits per heavy atom. The summed E-state index contributed by atoms with van der Waals surface area (Å²) in [5.74, 6) is 2.21. The summed E-state index contributed by atoms with van der Waals surface area (Å²) < 4.78 is 49.5. The van der Waals surface area contributed by atoms with Crippen LogP contribution in [0.2, 0.25) is 0 Å². The molecule has 9 nitrogen and oxygen atoms in total. The molecule has 0 unspecified atom stereocenters. The van der Waals surface area contributed by atoms with E-state index in [-0.39, 0.29) is 17.4 Å². The number of hydrogen-bond acceptors (Lipinski definition) is 8. The smallest absolute Gasteiger partial charge is 0.247 e. The number of ether oxygens (including phenoxy) is 3. The van der Waals surface area contributed by atoms with Crippen molar-refractivity contribution in [1.29, 1.82) is 0 Å². The van der Waals surface area contributed by atoms with Crippen LogP contribution in [0, 0.1) is 0 Å².